The monoisotopic (exact) mass is 380 g/mol. The summed E-state index contributed by atoms with van der Waals surface area (Å²) in [5, 5.41) is 12.5. The number of nitriles is 1. The largest absolute Gasteiger partial charge is 0.334 e. The van der Waals surface area contributed by atoms with Crippen LogP contribution in [-0.4, -0.2) is 50.0 Å². The molecule has 148 valence electrons. The molecule has 1 fully saturated rings. The van der Waals surface area contributed by atoms with Gasteiger partial charge in [-0.25, -0.2) is 4.98 Å². The van der Waals surface area contributed by atoms with Crippen molar-refractivity contribution in [1.82, 2.24) is 24.8 Å². The Kier molecular flexibility index (Phi) is 6.10. The molecule has 0 aromatic carbocycles. The SMILES string of the molecule is Cc1nc(-c2ccncc2)cn1CCC(C)(C)NCC(=O)N1CCC[C@H]1C#N. The number of carbonyl (C=O) groups is 1. The lowest BCUT2D eigenvalue weighted by atomic mass is 10.0. The van der Waals surface area contributed by atoms with Gasteiger partial charge in [0.25, 0.3) is 0 Å². The minimum atomic E-state index is -0.266. The Labute approximate surface area is 166 Å². The number of aryl methyl sites for hydroxylation is 2. The van der Waals surface area contributed by atoms with Gasteiger partial charge in [0.05, 0.1) is 18.3 Å². The average molecular weight is 380 g/mol. The van der Waals surface area contributed by atoms with E-state index in [1.54, 1.807) is 17.3 Å². The Bertz CT molecular complexity index is 852. The number of hydrogen-bond acceptors (Lipinski definition) is 5. The molecule has 1 saturated heterocycles. The van der Waals surface area contributed by atoms with E-state index in [9.17, 15) is 4.79 Å². The van der Waals surface area contributed by atoms with Crippen molar-refractivity contribution in [3.05, 3.63) is 36.5 Å². The molecule has 7 heteroatoms. The zero-order valence-corrected chi connectivity index (χ0v) is 16.9. The van der Waals surface area contributed by atoms with Crippen molar-refractivity contribution in [1.29, 1.82) is 5.26 Å². The quantitative estimate of drug-likeness (QED) is 0.798. The van der Waals surface area contributed by atoms with E-state index >= 15 is 0 Å². The molecule has 1 aliphatic heterocycles. The molecule has 2 aromatic heterocycles. The summed E-state index contributed by atoms with van der Waals surface area (Å²) in [6.07, 6.45) is 8.15. The Hall–Kier alpha value is -2.72. The number of carbonyl (C=O) groups excluding carboxylic acids is 1. The molecular weight excluding hydrogens is 352 g/mol. The Morgan fingerprint density at radius 2 is 2.14 bits per heavy atom. The van der Waals surface area contributed by atoms with E-state index in [-0.39, 0.29) is 24.0 Å². The molecule has 2 aromatic rings. The maximum Gasteiger partial charge on any atom is 0.237 e. The lowest BCUT2D eigenvalue weighted by molar-refractivity contribution is -0.130. The number of imidazole rings is 1. The van der Waals surface area contributed by atoms with Gasteiger partial charge in [-0.05, 0) is 52.2 Å². The molecule has 1 N–H and O–H groups in total. The molecule has 28 heavy (non-hydrogen) atoms. The maximum absolute atomic E-state index is 12.4. The second kappa shape index (κ2) is 8.53. The molecule has 0 radical (unpaired) electrons. The van der Waals surface area contributed by atoms with Gasteiger partial charge in [0.15, 0.2) is 0 Å². The first-order valence-corrected chi connectivity index (χ1v) is 9.78. The van der Waals surface area contributed by atoms with Gasteiger partial charge in [0.1, 0.15) is 11.9 Å². The summed E-state index contributed by atoms with van der Waals surface area (Å²) >= 11 is 0. The third kappa shape index (κ3) is 4.76. The fourth-order valence-electron chi connectivity index (χ4n) is 3.50. The van der Waals surface area contributed by atoms with Gasteiger partial charge in [-0.15, -0.1) is 0 Å². The minimum absolute atomic E-state index is 0.0101. The first-order valence-electron chi connectivity index (χ1n) is 9.78. The summed E-state index contributed by atoms with van der Waals surface area (Å²) in [4.78, 5) is 22.8. The third-order valence-electron chi connectivity index (χ3n) is 5.37. The molecule has 0 saturated carbocycles. The minimum Gasteiger partial charge on any atom is -0.334 e. The van der Waals surface area contributed by atoms with Crippen molar-refractivity contribution in [3.8, 4) is 17.3 Å². The van der Waals surface area contributed by atoms with Crippen LogP contribution in [0.2, 0.25) is 0 Å². The summed E-state index contributed by atoms with van der Waals surface area (Å²) in [7, 11) is 0. The highest BCUT2D eigenvalue weighted by molar-refractivity contribution is 5.79. The van der Waals surface area contributed by atoms with Crippen molar-refractivity contribution in [2.45, 2.75) is 58.2 Å². The molecule has 0 spiro atoms. The number of likely N-dealkylation sites (tertiary alicyclic amines) is 1. The van der Waals surface area contributed by atoms with Gasteiger partial charge in [-0.3, -0.25) is 9.78 Å². The number of nitrogens with zero attached hydrogens (tertiary/aromatic N) is 5. The summed E-state index contributed by atoms with van der Waals surface area (Å²) in [6.45, 7) is 7.96. The first kappa shape index (κ1) is 20.0. The Balaban J connectivity index is 1.54. The van der Waals surface area contributed by atoms with Crippen LogP contribution in [-0.2, 0) is 11.3 Å². The van der Waals surface area contributed by atoms with Crippen molar-refractivity contribution in [3.63, 3.8) is 0 Å². The summed E-state index contributed by atoms with van der Waals surface area (Å²) in [5.41, 5.74) is 1.79. The van der Waals surface area contributed by atoms with E-state index in [1.807, 2.05) is 19.1 Å². The number of pyridine rings is 1. The number of hydrogen-bond donors (Lipinski definition) is 1. The maximum atomic E-state index is 12.4. The van der Waals surface area contributed by atoms with Crippen molar-refractivity contribution in [2.75, 3.05) is 13.1 Å². The highest BCUT2D eigenvalue weighted by atomic mass is 16.2. The van der Waals surface area contributed by atoms with Crippen LogP contribution in [0.5, 0.6) is 0 Å². The molecule has 3 rings (SSSR count). The molecule has 1 atom stereocenters. The van der Waals surface area contributed by atoms with Gasteiger partial charge in [-0.1, -0.05) is 0 Å². The predicted octanol–water partition coefficient (Wildman–Crippen LogP) is 2.53. The number of nitrogens with one attached hydrogen (secondary N) is 1. The zero-order chi connectivity index (χ0) is 20.1. The fraction of sp³-hybridized carbons (Fsp3) is 0.524. The lowest BCUT2D eigenvalue weighted by Gasteiger charge is -2.28. The van der Waals surface area contributed by atoms with Crippen LogP contribution in [0.4, 0.5) is 0 Å². The predicted molar refractivity (Wildman–Crippen MR) is 107 cm³/mol. The van der Waals surface area contributed by atoms with E-state index in [1.165, 1.54) is 0 Å². The van der Waals surface area contributed by atoms with Gasteiger partial charge in [0.2, 0.25) is 5.91 Å². The molecule has 1 amide bonds. The van der Waals surface area contributed by atoms with Crippen LogP contribution in [0.15, 0.2) is 30.7 Å². The van der Waals surface area contributed by atoms with Crippen molar-refractivity contribution in [2.24, 2.45) is 0 Å². The molecule has 0 aliphatic carbocycles. The molecule has 1 aliphatic rings. The second-order valence-corrected chi connectivity index (χ2v) is 7.96. The van der Waals surface area contributed by atoms with Crippen molar-refractivity contribution < 1.29 is 4.79 Å². The summed E-state index contributed by atoms with van der Waals surface area (Å²) < 4.78 is 2.15. The fourth-order valence-corrected chi connectivity index (χ4v) is 3.50. The molecule has 0 unspecified atom stereocenters. The van der Waals surface area contributed by atoms with Crippen LogP contribution in [0.1, 0.15) is 38.9 Å². The average Bonchev–Trinajstić information content (AvgIpc) is 3.32. The molecule has 0 bridgehead atoms. The summed E-state index contributed by atoms with van der Waals surface area (Å²) in [5.74, 6) is 0.975. The lowest BCUT2D eigenvalue weighted by Crippen LogP contribution is -2.47. The van der Waals surface area contributed by atoms with Crippen LogP contribution in [0, 0.1) is 18.3 Å². The second-order valence-electron chi connectivity index (χ2n) is 7.96. The Morgan fingerprint density at radius 3 is 2.86 bits per heavy atom. The van der Waals surface area contributed by atoms with Gasteiger partial charge < -0.3 is 14.8 Å². The van der Waals surface area contributed by atoms with E-state index in [2.05, 4.69) is 46.0 Å². The first-order chi connectivity index (χ1) is 13.4. The van der Waals surface area contributed by atoms with Gasteiger partial charge >= 0.3 is 0 Å². The Morgan fingerprint density at radius 1 is 1.39 bits per heavy atom. The topological polar surface area (TPSA) is 86.8 Å². The molecule has 7 nitrogen and oxygen atoms in total. The smallest absolute Gasteiger partial charge is 0.237 e. The van der Waals surface area contributed by atoms with Crippen molar-refractivity contribution >= 4 is 5.91 Å². The van der Waals surface area contributed by atoms with Gasteiger partial charge in [0, 0.05) is 42.8 Å². The van der Waals surface area contributed by atoms with Crippen LogP contribution in [0.3, 0.4) is 0 Å². The standard InChI is InChI=1S/C21H28N6O/c1-16-25-19(17-6-9-23-10-7-17)15-26(16)12-8-21(2,3)24-14-20(28)27-11-4-5-18(27)13-22/h6-7,9-10,15,18,24H,4-5,8,11-12,14H2,1-3H3/t18-/m0/s1. The zero-order valence-electron chi connectivity index (χ0n) is 16.9. The summed E-state index contributed by atoms with van der Waals surface area (Å²) in [6, 6.07) is 5.87. The van der Waals surface area contributed by atoms with Crippen LogP contribution >= 0.6 is 0 Å². The molecular formula is C21H28N6O. The normalized spacial score (nSPS) is 16.9. The van der Waals surface area contributed by atoms with Crippen LogP contribution < -0.4 is 5.32 Å². The number of aromatic nitrogens is 3. The van der Waals surface area contributed by atoms with E-state index in [0.717, 1.165) is 42.9 Å². The number of amides is 1. The highest BCUT2D eigenvalue weighted by Gasteiger charge is 2.29. The van der Waals surface area contributed by atoms with E-state index < -0.39 is 0 Å². The highest BCUT2D eigenvalue weighted by Crippen LogP contribution is 2.20. The molecule has 3 heterocycles. The van der Waals surface area contributed by atoms with E-state index in [0.29, 0.717) is 6.54 Å². The van der Waals surface area contributed by atoms with Crippen LogP contribution in [0.25, 0.3) is 11.3 Å². The van der Waals surface area contributed by atoms with E-state index in [4.69, 9.17) is 5.26 Å². The number of rotatable bonds is 7. The van der Waals surface area contributed by atoms with Gasteiger partial charge in [-0.2, -0.15) is 5.26 Å². The third-order valence-corrected chi connectivity index (χ3v) is 5.37.